The van der Waals surface area contributed by atoms with Crippen LogP contribution >= 0.6 is 0 Å². The first-order valence-electron chi connectivity index (χ1n) is 15.4. The molecule has 5 rings (SSSR count). The Bertz CT molecular complexity index is 1810. The van der Waals surface area contributed by atoms with E-state index in [2.05, 4.69) is 38.4 Å². The van der Waals surface area contributed by atoms with Crippen molar-refractivity contribution >= 4 is 35.2 Å². The van der Waals surface area contributed by atoms with Crippen LogP contribution in [0.25, 0.3) is 5.65 Å². The molecule has 0 bridgehead atoms. The number of carboxylic acid groups (broad SMARTS) is 4. The average Bonchev–Trinajstić information content (AvgIpc) is 3.55. The Balaban J connectivity index is 0.000000489. The van der Waals surface area contributed by atoms with E-state index in [1.807, 2.05) is 47.5 Å². The van der Waals surface area contributed by atoms with Crippen LogP contribution in [0.1, 0.15) is 35.7 Å². The monoisotopic (exact) mass is 855 g/mol. The molecule has 1 aliphatic rings. The number of piperidine rings is 1. The van der Waals surface area contributed by atoms with Gasteiger partial charge >= 0.3 is 48.6 Å². The number of carboxylic acids is 4. The standard InChI is InChI=1S/C23H25N7.4C2HF3O2/c1-3-18(13-24-9-1)15-26-21-5-6-22-27-23(28-30(22)17-21)20-7-11-29(12-8-20)16-19-4-2-10-25-14-19;4*3-2(4,5)1(6)7/h1-6,9-10,13-14,17,20,26H,7-8,11-12,15-16H2;4*(H,6,7). The Hall–Kier alpha value is -6.28. The number of aromatic nitrogens is 5. The van der Waals surface area contributed by atoms with Gasteiger partial charge in [-0.25, -0.2) is 28.7 Å². The number of pyridine rings is 3. The number of alkyl halides is 12. The van der Waals surface area contributed by atoms with Gasteiger partial charge in [-0.2, -0.15) is 57.8 Å². The molecule has 4 aromatic heterocycles. The average molecular weight is 856 g/mol. The number of fused-ring (bicyclic) bond motifs is 1. The highest BCUT2D eigenvalue weighted by Crippen LogP contribution is 2.27. The van der Waals surface area contributed by atoms with Crippen molar-refractivity contribution in [3.8, 4) is 0 Å². The summed E-state index contributed by atoms with van der Waals surface area (Å²) in [4.78, 5) is 51.2. The van der Waals surface area contributed by atoms with Crippen LogP contribution in [0.5, 0.6) is 0 Å². The summed E-state index contributed by atoms with van der Waals surface area (Å²) in [6, 6.07) is 12.2. The molecule has 320 valence electrons. The molecule has 5 N–H and O–H groups in total. The minimum absolute atomic E-state index is 0.418. The van der Waals surface area contributed by atoms with Gasteiger partial charge in [0.1, 0.15) is 0 Å². The number of anilines is 1. The molecule has 0 atom stereocenters. The van der Waals surface area contributed by atoms with E-state index < -0.39 is 48.6 Å². The molecule has 58 heavy (non-hydrogen) atoms. The normalized spacial score (nSPS) is 13.4. The topological polar surface area (TPSA) is 220 Å². The summed E-state index contributed by atoms with van der Waals surface area (Å²) in [5, 5.41) is 36.7. The van der Waals surface area contributed by atoms with Gasteiger partial charge in [-0.15, -0.1) is 0 Å². The van der Waals surface area contributed by atoms with E-state index in [-0.39, 0.29) is 0 Å². The fourth-order valence-corrected chi connectivity index (χ4v) is 3.98. The van der Waals surface area contributed by atoms with Gasteiger partial charge in [0.15, 0.2) is 11.5 Å². The second-order valence-corrected chi connectivity index (χ2v) is 11.0. The van der Waals surface area contributed by atoms with E-state index in [4.69, 9.17) is 49.7 Å². The quantitative estimate of drug-likeness (QED) is 0.140. The highest BCUT2D eigenvalue weighted by molar-refractivity contribution is 5.74. The lowest BCUT2D eigenvalue weighted by Gasteiger charge is -2.30. The Kier molecular flexibility index (Phi) is 18.8. The number of carbonyl (C=O) groups is 4. The number of likely N-dealkylation sites (tertiary alicyclic amines) is 1. The number of halogens is 12. The van der Waals surface area contributed by atoms with Crippen molar-refractivity contribution in [3.05, 3.63) is 84.3 Å². The van der Waals surface area contributed by atoms with E-state index in [0.717, 1.165) is 61.7 Å². The smallest absolute Gasteiger partial charge is 0.475 e. The van der Waals surface area contributed by atoms with Crippen molar-refractivity contribution < 1.29 is 92.3 Å². The maximum Gasteiger partial charge on any atom is 0.490 e. The van der Waals surface area contributed by atoms with Crippen LogP contribution in [0, 0.1) is 0 Å². The van der Waals surface area contributed by atoms with Gasteiger partial charge in [0, 0.05) is 43.8 Å². The van der Waals surface area contributed by atoms with Crippen molar-refractivity contribution in [2.24, 2.45) is 0 Å². The van der Waals surface area contributed by atoms with Crippen LogP contribution < -0.4 is 5.32 Å². The first-order valence-corrected chi connectivity index (χ1v) is 15.4. The van der Waals surface area contributed by atoms with Gasteiger partial charge in [0.25, 0.3) is 0 Å². The van der Waals surface area contributed by atoms with E-state index in [9.17, 15) is 52.7 Å². The maximum absolute atomic E-state index is 10.6. The van der Waals surface area contributed by atoms with Gasteiger partial charge < -0.3 is 25.7 Å². The van der Waals surface area contributed by atoms with Crippen LogP contribution in [-0.2, 0) is 32.3 Å². The van der Waals surface area contributed by atoms with E-state index in [1.165, 1.54) is 5.56 Å². The van der Waals surface area contributed by atoms with Crippen molar-refractivity contribution in [3.63, 3.8) is 0 Å². The van der Waals surface area contributed by atoms with Crippen LogP contribution in [0.4, 0.5) is 58.4 Å². The number of hydrogen-bond acceptors (Lipinski definition) is 10. The van der Waals surface area contributed by atoms with Gasteiger partial charge in [0.2, 0.25) is 0 Å². The van der Waals surface area contributed by atoms with E-state index in [1.54, 1.807) is 6.20 Å². The molecule has 1 fully saturated rings. The molecule has 5 heterocycles. The summed E-state index contributed by atoms with van der Waals surface area (Å²) >= 11 is 0. The lowest BCUT2D eigenvalue weighted by molar-refractivity contribution is -0.193. The fraction of sp³-hybridized carbons (Fsp3) is 0.355. The molecule has 0 unspecified atom stereocenters. The van der Waals surface area contributed by atoms with E-state index >= 15 is 0 Å². The molecule has 0 aliphatic carbocycles. The summed E-state index contributed by atoms with van der Waals surface area (Å²) < 4.78 is 129. The molecule has 15 nitrogen and oxygen atoms in total. The van der Waals surface area contributed by atoms with Crippen molar-refractivity contribution in [2.75, 3.05) is 18.4 Å². The molecule has 27 heteroatoms. The minimum Gasteiger partial charge on any atom is -0.475 e. The number of rotatable bonds is 6. The van der Waals surface area contributed by atoms with Crippen molar-refractivity contribution in [1.82, 2.24) is 29.5 Å². The summed E-state index contributed by atoms with van der Waals surface area (Å²) in [6.45, 7) is 3.82. The SMILES string of the molecule is O=C(O)C(F)(F)F.O=C(O)C(F)(F)F.O=C(O)C(F)(F)F.O=C(O)C(F)(F)F.c1cncc(CNc2ccc3nc(C4CCN(Cc5cccnc5)CC4)nn3c2)c1. The fourth-order valence-electron chi connectivity index (χ4n) is 3.98. The lowest BCUT2D eigenvalue weighted by atomic mass is 9.96. The third-order valence-corrected chi connectivity index (χ3v) is 6.62. The molecule has 0 spiro atoms. The van der Waals surface area contributed by atoms with Crippen molar-refractivity contribution in [2.45, 2.75) is 56.6 Å². The highest BCUT2D eigenvalue weighted by atomic mass is 19.4. The second-order valence-electron chi connectivity index (χ2n) is 11.0. The Morgan fingerprint density at radius 2 is 1.07 bits per heavy atom. The largest absolute Gasteiger partial charge is 0.490 e. The number of aliphatic carboxylic acids is 4. The summed E-state index contributed by atoms with van der Waals surface area (Å²) in [7, 11) is 0. The van der Waals surface area contributed by atoms with Gasteiger partial charge in [0.05, 0.1) is 11.9 Å². The summed E-state index contributed by atoms with van der Waals surface area (Å²) in [6.07, 6.45) is -8.71. The Labute approximate surface area is 316 Å². The number of nitrogens with one attached hydrogen (secondary N) is 1. The van der Waals surface area contributed by atoms with Crippen LogP contribution in [0.2, 0.25) is 0 Å². The molecular formula is C31H29F12N7O8. The maximum atomic E-state index is 10.6. The molecule has 1 saturated heterocycles. The van der Waals surface area contributed by atoms with Crippen LogP contribution in [0.3, 0.4) is 0 Å². The van der Waals surface area contributed by atoms with Gasteiger partial charge in [-0.1, -0.05) is 12.1 Å². The van der Waals surface area contributed by atoms with Gasteiger partial charge in [-0.3, -0.25) is 14.9 Å². The lowest BCUT2D eigenvalue weighted by Crippen LogP contribution is -2.32. The zero-order chi connectivity index (χ0) is 44.5. The molecule has 0 saturated carbocycles. The summed E-state index contributed by atoms with van der Waals surface area (Å²) in [5.41, 5.74) is 4.34. The molecule has 4 aromatic rings. The zero-order valence-electron chi connectivity index (χ0n) is 28.8. The third-order valence-electron chi connectivity index (χ3n) is 6.62. The molecule has 0 amide bonds. The first kappa shape index (κ1) is 49.7. The Morgan fingerprint density at radius 1 is 0.655 bits per heavy atom. The molecule has 1 aliphatic heterocycles. The predicted octanol–water partition coefficient (Wildman–Crippen LogP) is 6.04. The second kappa shape index (κ2) is 21.9. The Morgan fingerprint density at radius 3 is 1.45 bits per heavy atom. The molecule has 0 radical (unpaired) electrons. The zero-order valence-corrected chi connectivity index (χ0v) is 28.8. The highest BCUT2D eigenvalue weighted by Gasteiger charge is 2.40. The number of nitrogens with zero attached hydrogens (tertiary/aromatic N) is 6. The van der Waals surface area contributed by atoms with Crippen LogP contribution in [-0.4, -0.2) is 112 Å². The van der Waals surface area contributed by atoms with Crippen LogP contribution in [0.15, 0.2) is 67.4 Å². The molecular weight excluding hydrogens is 826 g/mol. The number of hydrogen-bond donors (Lipinski definition) is 5. The van der Waals surface area contributed by atoms with Crippen molar-refractivity contribution in [1.29, 1.82) is 0 Å². The van der Waals surface area contributed by atoms with Gasteiger partial charge in [-0.05, 0) is 61.3 Å². The predicted molar refractivity (Wildman–Crippen MR) is 171 cm³/mol. The van der Waals surface area contributed by atoms with E-state index in [0.29, 0.717) is 5.92 Å². The summed E-state index contributed by atoms with van der Waals surface area (Å²) in [5.74, 6) is -9.65. The molecule has 0 aromatic carbocycles. The first-order chi connectivity index (χ1) is 26.6. The minimum atomic E-state index is -5.08. The third kappa shape index (κ3) is 19.5.